The maximum atomic E-state index is 12.8. The van der Waals surface area contributed by atoms with Gasteiger partial charge in [0.2, 0.25) is 10.0 Å². The van der Waals surface area contributed by atoms with Crippen molar-refractivity contribution in [3.63, 3.8) is 0 Å². The van der Waals surface area contributed by atoms with E-state index in [1.165, 1.54) is 11.4 Å². The van der Waals surface area contributed by atoms with Crippen LogP contribution in [-0.4, -0.2) is 49.1 Å². The number of esters is 1. The van der Waals surface area contributed by atoms with Gasteiger partial charge in [-0.3, -0.25) is 9.89 Å². The Morgan fingerprint density at radius 1 is 1.38 bits per heavy atom. The van der Waals surface area contributed by atoms with Crippen LogP contribution in [0, 0.1) is 19.8 Å². The van der Waals surface area contributed by atoms with Gasteiger partial charge in [0.1, 0.15) is 4.90 Å². The fourth-order valence-corrected chi connectivity index (χ4v) is 4.02. The summed E-state index contributed by atoms with van der Waals surface area (Å²) in [6, 6.07) is 0. The van der Waals surface area contributed by atoms with E-state index in [4.69, 9.17) is 0 Å². The Balaban J connectivity index is 3.09. The first-order valence-corrected chi connectivity index (χ1v) is 8.22. The third-order valence-corrected chi connectivity index (χ3v) is 5.15. The van der Waals surface area contributed by atoms with Crippen molar-refractivity contribution >= 4 is 16.0 Å². The van der Waals surface area contributed by atoms with Gasteiger partial charge in [-0.2, -0.15) is 9.40 Å². The van der Waals surface area contributed by atoms with Crippen LogP contribution < -0.4 is 0 Å². The summed E-state index contributed by atoms with van der Waals surface area (Å²) in [6.45, 7) is 7.59. The van der Waals surface area contributed by atoms with Crippen molar-refractivity contribution < 1.29 is 17.9 Å². The van der Waals surface area contributed by atoms with E-state index in [1.54, 1.807) is 13.8 Å². The normalized spacial score (nSPS) is 12.1. The standard InChI is InChI=1S/C13H23N3O4S/c1-9(2)8-16(7-6-12(17)20-5)21(18,19)13-10(3)14-15-11(13)4/h9H,6-8H2,1-5H3,(H,14,15). The van der Waals surface area contributed by atoms with E-state index in [1.807, 2.05) is 13.8 Å². The number of hydrogen-bond acceptors (Lipinski definition) is 5. The molecular formula is C13H23N3O4S. The highest BCUT2D eigenvalue weighted by Gasteiger charge is 2.30. The lowest BCUT2D eigenvalue weighted by Crippen LogP contribution is -2.36. The predicted molar refractivity (Wildman–Crippen MR) is 78.3 cm³/mol. The first-order valence-electron chi connectivity index (χ1n) is 6.78. The Labute approximate surface area is 125 Å². The van der Waals surface area contributed by atoms with E-state index in [-0.39, 0.29) is 23.8 Å². The maximum absolute atomic E-state index is 12.8. The number of aromatic nitrogens is 2. The molecule has 0 saturated carbocycles. The number of carbonyl (C=O) groups excluding carboxylic acids is 1. The van der Waals surface area contributed by atoms with E-state index in [0.717, 1.165) is 0 Å². The number of ether oxygens (including phenoxy) is 1. The molecule has 7 nitrogen and oxygen atoms in total. The number of nitrogens with zero attached hydrogens (tertiary/aromatic N) is 2. The maximum Gasteiger partial charge on any atom is 0.306 e. The van der Waals surface area contributed by atoms with Gasteiger partial charge in [-0.05, 0) is 19.8 Å². The van der Waals surface area contributed by atoms with E-state index in [9.17, 15) is 13.2 Å². The smallest absolute Gasteiger partial charge is 0.306 e. The third-order valence-electron chi connectivity index (χ3n) is 3.02. The van der Waals surface area contributed by atoms with E-state index in [0.29, 0.717) is 17.9 Å². The quantitative estimate of drug-likeness (QED) is 0.764. The molecule has 0 bridgehead atoms. The van der Waals surface area contributed by atoms with E-state index >= 15 is 0 Å². The summed E-state index contributed by atoms with van der Waals surface area (Å²) < 4.78 is 31.5. The zero-order chi connectivity index (χ0) is 16.2. The molecule has 0 aromatic carbocycles. The van der Waals surface area contributed by atoms with Crippen molar-refractivity contribution in [2.75, 3.05) is 20.2 Å². The second-order valence-corrected chi connectivity index (χ2v) is 7.22. The van der Waals surface area contributed by atoms with Crippen molar-refractivity contribution in [3.8, 4) is 0 Å². The summed E-state index contributed by atoms with van der Waals surface area (Å²) in [5.41, 5.74) is 0.929. The van der Waals surface area contributed by atoms with Crippen LogP contribution in [0.4, 0.5) is 0 Å². The predicted octanol–water partition coefficient (Wildman–Crippen LogP) is 1.24. The van der Waals surface area contributed by atoms with Gasteiger partial charge in [0.15, 0.2) is 0 Å². The number of aromatic amines is 1. The molecule has 120 valence electrons. The fraction of sp³-hybridized carbons (Fsp3) is 0.692. The monoisotopic (exact) mass is 317 g/mol. The van der Waals surface area contributed by atoms with Gasteiger partial charge in [-0.1, -0.05) is 13.8 Å². The molecule has 21 heavy (non-hydrogen) atoms. The van der Waals surface area contributed by atoms with Crippen molar-refractivity contribution in [2.24, 2.45) is 5.92 Å². The second-order valence-electron chi connectivity index (χ2n) is 5.35. The summed E-state index contributed by atoms with van der Waals surface area (Å²) in [4.78, 5) is 11.5. The summed E-state index contributed by atoms with van der Waals surface area (Å²) >= 11 is 0. The highest BCUT2D eigenvalue weighted by molar-refractivity contribution is 7.89. The Morgan fingerprint density at radius 3 is 2.43 bits per heavy atom. The lowest BCUT2D eigenvalue weighted by molar-refractivity contribution is -0.140. The number of nitrogens with one attached hydrogen (secondary N) is 1. The molecule has 1 N–H and O–H groups in total. The average Bonchev–Trinajstić information content (AvgIpc) is 2.73. The Bertz CT molecular complexity index is 573. The third kappa shape index (κ3) is 4.28. The van der Waals surface area contributed by atoms with Crippen LogP contribution in [0.1, 0.15) is 31.7 Å². The molecule has 0 aliphatic carbocycles. The summed E-state index contributed by atoms with van der Waals surface area (Å²) in [7, 11) is -2.40. The molecule has 0 amide bonds. The molecule has 0 spiro atoms. The first kappa shape index (κ1) is 17.6. The molecule has 1 aromatic rings. The van der Waals surface area contributed by atoms with Crippen LogP contribution in [0.2, 0.25) is 0 Å². The van der Waals surface area contributed by atoms with Gasteiger partial charge < -0.3 is 4.74 Å². The number of methoxy groups -OCH3 is 1. The number of rotatable bonds is 7. The molecular weight excluding hydrogens is 294 g/mol. The minimum absolute atomic E-state index is 0.0262. The number of carbonyl (C=O) groups is 1. The van der Waals surface area contributed by atoms with Crippen LogP contribution in [-0.2, 0) is 19.6 Å². The molecule has 0 fully saturated rings. The van der Waals surface area contributed by atoms with Crippen LogP contribution in [0.25, 0.3) is 0 Å². The van der Waals surface area contributed by atoms with Crippen LogP contribution in [0.15, 0.2) is 4.90 Å². The molecule has 8 heteroatoms. The molecule has 0 radical (unpaired) electrons. The highest BCUT2D eigenvalue weighted by Crippen LogP contribution is 2.22. The molecule has 1 aromatic heterocycles. The Kier molecular flexibility index (Phi) is 5.91. The zero-order valence-electron chi connectivity index (χ0n) is 13.1. The minimum Gasteiger partial charge on any atom is -0.469 e. The number of sulfonamides is 1. The lowest BCUT2D eigenvalue weighted by Gasteiger charge is -2.23. The van der Waals surface area contributed by atoms with Gasteiger partial charge >= 0.3 is 5.97 Å². The summed E-state index contributed by atoms with van der Waals surface area (Å²) in [5, 5.41) is 6.61. The summed E-state index contributed by atoms with van der Waals surface area (Å²) in [5.74, 6) is -0.287. The lowest BCUT2D eigenvalue weighted by atomic mass is 10.2. The SMILES string of the molecule is COC(=O)CCN(CC(C)C)S(=O)(=O)c1c(C)n[nH]c1C. The molecule has 0 aliphatic heterocycles. The Hall–Kier alpha value is -1.41. The molecule has 0 atom stereocenters. The van der Waals surface area contributed by atoms with Gasteiger partial charge in [0.05, 0.1) is 24.9 Å². The number of H-pyrrole nitrogens is 1. The van der Waals surface area contributed by atoms with Crippen molar-refractivity contribution in [2.45, 2.75) is 39.0 Å². The molecule has 0 aliphatic rings. The number of hydrogen-bond donors (Lipinski definition) is 1. The van der Waals surface area contributed by atoms with Gasteiger partial charge in [0.25, 0.3) is 0 Å². The van der Waals surface area contributed by atoms with Crippen LogP contribution in [0.5, 0.6) is 0 Å². The first-order chi connectivity index (χ1) is 9.70. The van der Waals surface area contributed by atoms with E-state index < -0.39 is 16.0 Å². The van der Waals surface area contributed by atoms with Crippen molar-refractivity contribution in [1.82, 2.24) is 14.5 Å². The molecule has 1 heterocycles. The minimum atomic E-state index is -3.69. The van der Waals surface area contributed by atoms with Crippen molar-refractivity contribution in [3.05, 3.63) is 11.4 Å². The topological polar surface area (TPSA) is 92.4 Å². The van der Waals surface area contributed by atoms with Gasteiger partial charge in [-0.15, -0.1) is 0 Å². The molecule has 0 saturated heterocycles. The second kappa shape index (κ2) is 7.04. The van der Waals surface area contributed by atoms with Gasteiger partial charge in [0, 0.05) is 13.1 Å². The molecule has 1 rings (SSSR count). The molecule has 0 unspecified atom stereocenters. The largest absolute Gasteiger partial charge is 0.469 e. The fourth-order valence-electron chi connectivity index (χ4n) is 2.08. The van der Waals surface area contributed by atoms with Gasteiger partial charge in [-0.25, -0.2) is 8.42 Å². The van der Waals surface area contributed by atoms with Crippen molar-refractivity contribution in [1.29, 1.82) is 0 Å². The van der Waals surface area contributed by atoms with Crippen LogP contribution in [0.3, 0.4) is 0 Å². The average molecular weight is 317 g/mol. The van der Waals surface area contributed by atoms with Crippen LogP contribution >= 0.6 is 0 Å². The highest BCUT2D eigenvalue weighted by atomic mass is 32.2. The Morgan fingerprint density at radius 2 is 2.00 bits per heavy atom. The number of aryl methyl sites for hydroxylation is 2. The zero-order valence-corrected chi connectivity index (χ0v) is 14.0. The summed E-state index contributed by atoms with van der Waals surface area (Å²) in [6.07, 6.45) is 0.0262. The van der Waals surface area contributed by atoms with E-state index in [2.05, 4.69) is 14.9 Å².